The summed E-state index contributed by atoms with van der Waals surface area (Å²) in [5, 5.41) is 10.7. The number of hydrogen-bond donors (Lipinski definition) is 3. The van der Waals surface area contributed by atoms with Crippen molar-refractivity contribution in [1.82, 2.24) is 29.7 Å². The number of hydrogen-bond acceptors (Lipinski definition) is 7. The number of benzene rings is 1. The van der Waals surface area contributed by atoms with Crippen molar-refractivity contribution in [2.45, 2.75) is 43.9 Å². The number of rotatable bonds is 5. The summed E-state index contributed by atoms with van der Waals surface area (Å²) < 4.78 is 1.86. The van der Waals surface area contributed by atoms with Gasteiger partial charge in [-0.3, -0.25) is 14.5 Å². The van der Waals surface area contributed by atoms with Gasteiger partial charge in [0, 0.05) is 29.4 Å². The molecule has 0 radical (unpaired) electrons. The molecule has 9 heteroatoms. The van der Waals surface area contributed by atoms with Gasteiger partial charge in [-0.1, -0.05) is 25.0 Å². The van der Waals surface area contributed by atoms with Gasteiger partial charge in [0.05, 0.1) is 5.25 Å². The van der Waals surface area contributed by atoms with Crippen LogP contribution in [0.5, 0.6) is 0 Å². The Kier molecular flexibility index (Phi) is 5.19. The Labute approximate surface area is 184 Å². The van der Waals surface area contributed by atoms with Crippen molar-refractivity contribution in [2.24, 2.45) is 0 Å². The molecule has 0 amide bonds. The lowest BCUT2D eigenvalue weighted by molar-refractivity contribution is 0.515. The second-order valence-corrected chi connectivity index (χ2v) is 8.44. The Balaban J connectivity index is 1.45. The number of aromatic amines is 1. The minimum atomic E-state index is -0.183. The summed E-state index contributed by atoms with van der Waals surface area (Å²) in [6, 6.07) is 9.75. The summed E-state index contributed by atoms with van der Waals surface area (Å²) in [6.07, 6.45) is 7.60. The summed E-state index contributed by atoms with van der Waals surface area (Å²) >= 11 is 4.61. The van der Waals surface area contributed by atoms with Gasteiger partial charge in [-0.25, -0.2) is 9.97 Å². The monoisotopic (exact) mass is 433 g/mol. The van der Waals surface area contributed by atoms with Crippen molar-refractivity contribution >= 4 is 35.3 Å². The van der Waals surface area contributed by atoms with Crippen LogP contribution in [0.1, 0.15) is 53.9 Å². The molecule has 1 unspecified atom stereocenters. The predicted molar refractivity (Wildman–Crippen MR) is 123 cm³/mol. The number of fused-ring (bicyclic) bond motifs is 1. The van der Waals surface area contributed by atoms with E-state index >= 15 is 0 Å². The molecule has 1 atom stereocenters. The Morgan fingerprint density at radius 3 is 2.68 bits per heavy atom. The van der Waals surface area contributed by atoms with Crippen LogP contribution in [0.25, 0.3) is 11.0 Å². The zero-order valence-corrected chi connectivity index (χ0v) is 18.0. The minimum absolute atomic E-state index is 0.0122. The van der Waals surface area contributed by atoms with Crippen molar-refractivity contribution in [3.8, 4) is 0 Å². The first-order chi connectivity index (χ1) is 15.1. The van der Waals surface area contributed by atoms with E-state index in [0.29, 0.717) is 17.4 Å². The number of aromatic nitrogens is 6. The molecule has 1 aliphatic carbocycles. The number of nitrogens with zero attached hydrogens (tertiary/aromatic N) is 5. The molecular formula is C22H23N7OS. The number of nitrogens with one attached hydrogen (secondary N) is 2. The van der Waals surface area contributed by atoms with Gasteiger partial charge >= 0.3 is 0 Å². The van der Waals surface area contributed by atoms with E-state index in [4.69, 9.17) is 4.98 Å². The Bertz CT molecular complexity index is 1260. The molecule has 3 heterocycles. The quantitative estimate of drug-likeness (QED) is 0.410. The van der Waals surface area contributed by atoms with Crippen molar-refractivity contribution < 1.29 is 0 Å². The number of H-pyrrole nitrogens is 1. The lowest BCUT2D eigenvalue weighted by atomic mass is 10.1. The lowest BCUT2D eigenvalue weighted by Gasteiger charge is -2.17. The number of anilines is 2. The van der Waals surface area contributed by atoms with E-state index < -0.39 is 0 Å². The fourth-order valence-electron chi connectivity index (χ4n) is 4.23. The Morgan fingerprint density at radius 2 is 1.97 bits per heavy atom. The topological polar surface area (TPSA) is 101 Å². The van der Waals surface area contributed by atoms with Gasteiger partial charge in [-0.15, -0.1) is 0 Å². The molecule has 0 saturated heterocycles. The van der Waals surface area contributed by atoms with Crippen LogP contribution in [-0.2, 0) is 0 Å². The average molecular weight is 434 g/mol. The van der Waals surface area contributed by atoms with Crippen LogP contribution in [0.3, 0.4) is 0 Å². The van der Waals surface area contributed by atoms with Gasteiger partial charge in [-0.05, 0) is 43.0 Å². The third-order valence-electron chi connectivity index (χ3n) is 5.86. The summed E-state index contributed by atoms with van der Waals surface area (Å²) in [5.74, 6) is 1.16. The molecule has 2 N–H and O–H groups in total. The Morgan fingerprint density at radius 1 is 1.19 bits per heavy atom. The van der Waals surface area contributed by atoms with E-state index in [0.717, 1.165) is 47.9 Å². The summed E-state index contributed by atoms with van der Waals surface area (Å²) in [5.41, 5.74) is 3.46. The van der Waals surface area contributed by atoms with Crippen LogP contribution in [-0.4, -0.2) is 29.7 Å². The van der Waals surface area contributed by atoms with Crippen LogP contribution in [0.4, 0.5) is 11.6 Å². The first-order valence-corrected chi connectivity index (χ1v) is 10.9. The summed E-state index contributed by atoms with van der Waals surface area (Å²) in [6.45, 7) is 1.93. The Hall–Kier alpha value is -3.20. The van der Waals surface area contributed by atoms with Gasteiger partial charge in [-0.2, -0.15) is 22.7 Å². The number of pyridine rings is 1. The smallest absolute Gasteiger partial charge is 0.252 e. The maximum Gasteiger partial charge on any atom is 0.252 e. The molecule has 1 fully saturated rings. The van der Waals surface area contributed by atoms with Crippen LogP contribution < -0.4 is 10.9 Å². The van der Waals surface area contributed by atoms with Gasteiger partial charge in [0.25, 0.3) is 5.56 Å². The minimum Gasteiger partial charge on any atom is -0.324 e. The van der Waals surface area contributed by atoms with E-state index in [9.17, 15) is 4.79 Å². The van der Waals surface area contributed by atoms with Crippen molar-refractivity contribution in [3.63, 3.8) is 0 Å². The summed E-state index contributed by atoms with van der Waals surface area (Å²) in [7, 11) is 0. The standard InChI is InChI=1S/C22H23N7OS/c1-13-10-18(30)29(16-4-2-3-5-16)21-17(13)11-23-22(27-21)26-15-8-6-14(7-9-15)19(31)20-24-12-25-28-20/h6-12,16,19,31H,2-5H2,1H3,(H,23,26,27)(H,24,25,28). The highest BCUT2D eigenvalue weighted by Gasteiger charge is 2.21. The van der Waals surface area contributed by atoms with E-state index in [1.165, 1.54) is 6.33 Å². The van der Waals surface area contributed by atoms with Gasteiger partial charge in [0.1, 0.15) is 17.8 Å². The normalized spacial score (nSPS) is 15.4. The molecule has 0 spiro atoms. The first-order valence-electron chi connectivity index (χ1n) is 10.4. The average Bonchev–Trinajstić information content (AvgIpc) is 3.48. The third-order valence-corrected chi connectivity index (χ3v) is 6.41. The van der Waals surface area contributed by atoms with Crippen molar-refractivity contribution in [3.05, 3.63) is 70.2 Å². The maximum absolute atomic E-state index is 12.8. The van der Waals surface area contributed by atoms with Crippen LogP contribution in [0.15, 0.2) is 47.7 Å². The molecule has 158 valence electrons. The molecule has 4 aromatic rings. The largest absolute Gasteiger partial charge is 0.324 e. The molecule has 31 heavy (non-hydrogen) atoms. The van der Waals surface area contributed by atoms with Crippen LogP contribution >= 0.6 is 12.6 Å². The molecule has 8 nitrogen and oxygen atoms in total. The van der Waals surface area contributed by atoms with Crippen molar-refractivity contribution in [1.29, 1.82) is 0 Å². The lowest BCUT2D eigenvalue weighted by Crippen LogP contribution is -2.24. The predicted octanol–water partition coefficient (Wildman–Crippen LogP) is 4.10. The van der Waals surface area contributed by atoms with E-state index in [2.05, 4.69) is 38.1 Å². The van der Waals surface area contributed by atoms with Gasteiger partial charge < -0.3 is 5.32 Å². The zero-order chi connectivity index (χ0) is 21.4. The van der Waals surface area contributed by atoms with E-state index in [1.54, 1.807) is 12.3 Å². The molecular weight excluding hydrogens is 410 g/mol. The highest BCUT2D eigenvalue weighted by molar-refractivity contribution is 7.80. The second kappa shape index (κ2) is 8.14. The molecule has 1 saturated carbocycles. The van der Waals surface area contributed by atoms with E-state index in [-0.39, 0.29) is 16.9 Å². The molecule has 0 aliphatic heterocycles. The SMILES string of the molecule is Cc1cc(=O)n(C2CCCC2)c2nc(Nc3ccc(C(S)c4ncn[nH]4)cc3)ncc12. The van der Waals surface area contributed by atoms with Gasteiger partial charge in [0.15, 0.2) is 0 Å². The van der Waals surface area contributed by atoms with Crippen molar-refractivity contribution in [2.75, 3.05) is 5.32 Å². The fourth-order valence-corrected chi connectivity index (χ4v) is 4.53. The molecule has 0 bridgehead atoms. The van der Waals surface area contributed by atoms with Crippen LogP contribution in [0, 0.1) is 6.92 Å². The molecule has 5 rings (SSSR count). The van der Waals surface area contributed by atoms with Gasteiger partial charge in [0.2, 0.25) is 5.95 Å². The maximum atomic E-state index is 12.8. The van der Waals surface area contributed by atoms with E-state index in [1.807, 2.05) is 35.8 Å². The highest BCUT2D eigenvalue weighted by Crippen LogP contribution is 2.31. The number of aryl methyl sites for hydroxylation is 1. The zero-order valence-electron chi connectivity index (χ0n) is 17.1. The first kappa shape index (κ1) is 19.7. The van der Waals surface area contributed by atoms with Crippen LogP contribution in [0.2, 0.25) is 0 Å². The second-order valence-electron chi connectivity index (χ2n) is 7.93. The molecule has 3 aromatic heterocycles. The summed E-state index contributed by atoms with van der Waals surface area (Å²) in [4.78, 5) is 26.2. The third kappa shape index (κ3) is 3.81. The fraction of sp³-hybridized carbons (Fsp3) is 0.318. The molecule has 1 aliphatic rings. The highest BCUT2D eigenvalue weighted by atomic mass is 32.1. The molecule has 1 aromatic carbocycles. The number of thiol groups is 1.